The summed E-state index contributed by atoms with van der Waals surface area (Å²) in [6.45, 7) is 4.48. The van der Waals surface area contributed by atoms with Gasteiger partial charge in [-0.1, -0.05) is 58.1 Å². The number of ether oxygens (including phenoxy) is 1. The van der Waals surface area contributed by atoms with Gasteiger partial charge < -0.3 is 4.74 Å². The van der Waals surface area contributed by atoms with Crippen molar-refractivity contribution in [2.45, 2.75) is 90.6 Å². The normalized spacial score (nSPS) is 18.9. The van der Waals surface area contributed by atoms with Gasteiger partial charge in [0, 0.05) is 18.0 Å². The van der Waals surface area contributed by atoms with Crippen LogP contribution >= 0.6 is 0 Å². The predicted molar refractivity (Wildman–Crippen MR) is 121 cm³/mol. The molecular weight excluding hydrogens is 372 g/mol. The molecule has 1 saturated carbocycles. The molecule has 162 valence electrons. The monoisotopic (exact) mass is 408 g/mol. The van der Waals surface area contributed by atoms with E-state index in [0.29, 0.717) is 11.4 Å². The van der Waals surface area contributed by atoms with E-state index in [1.807, 2.05) is 36.7 Å². The minimum atomic E-state index is -0.221. The standard InChI is InChI=1S/C26H36N2O2/c1-3-5-6-7-8-9-21-18-27-25(28-19-21)22-12-14-23(15-13-22)26(29)30-24-16-10-20(4-2)11-17-24/h12-15,18-20,24H,3-11,16-17H2,1-2H3. The number of aryl methyl sites for hydroxylation is 1. The average molecular weight is 409 g/mol. The van der Waals surface area contributed by atoms with Gasteiger partial charge in [0.2, 0.25) is 0 Å². The highest BCUT2D eigenvalue weighted by Gasteiger charge is 2.23. The highest BCUT2D eigenvalue weighted by Crippen LogP contribution is 2.29. The molecule has 0 unspecified atom stereocenters. The number of esters is 1. The predicted octanol–water partition coefficient (Wildman–Crippen LogP) is 6.78. The highest BCUT2D eigenvalue weighted by atomic mass is 16.5. The number of nitrogens with zero attached hydrogens (tertiary/aromatic N) is 2. The van der Waals surface area contributed by atoms with E-state index in [2.05, 4.69) is 23.8 Å². The average Bonchev–Trinajstić information content (AvgIpc) is 2.80. The van der Waals surface area contributed by atoms with Crippen molar-refractivity contribution in [3.05, 3.63) is 47.8 Å². The van der Waals surface area contributed by atoms with E-state index in [1.165, 1.54) is 56.9 Å². The van der Waals surface area contributed by atoms with Gasteiger partial charge in [0.1, 0.15) is 6.10 Å². The lowest BCUT2D eigenvalue weighted by atomic mass is 9.86. The number of hydrogen-bond donors (Lipinski definition) is 0. The number of carbonyl (C=O) groups excluding carboxylic acids is 1. The summed E-state index contributed by atoms with van der Waals surface area (Å²) in [6, 6.07) is 7.45. The van der Waals surface area contributed by atoms with Crippen molar-refractivity contribution in [1.29, 1.82) is 0 Å². The summed E-state index contributed by atoms with van der Waals surface area (Å²) >= 11 is 0. The number of hydrogen-bond acceptors (Lipinski definition) is 4. The van der Waals surface area contributed by atoms with E-state index in [-0.39, 0.29) is 12.1 Å². The number of rotatable bonds is 10. The van der Waals surface area contributed by atoms with Crippen LogP contribution < -0.4 is 0 Å². The van der Waals surface area contributed by atoms with Gasteiger partial charge in [-0.3, -0.25) is 0 Å². The zero-order valence-corrected chi connectivity index (χ0v) is 18.6. The van der Waals surface area contributed by atoms with Gasteiger partial charge >= 0.3 is 5.97 Å². The lowest BCUT2D eigenvalue weighted by Crippen LogP contribution is -2.24. The second-order valence-electron chi connectivity index (χ2n) is 8.61. The molecule has 0 N–H and O–H groups in total. The van der Waals surface area contributed by atoms with Crippen LogP contribution in [0.15, 0.2) is 36.7 Å². The van der Waals surface area contributed by atoms with Gasteiger partial charge in [0.25, 0.3) is 0 Å². The fourth-order valence-corrected chi connectivity index (χ4v) is 4.20. The van der Waals surface area contributed by atoms with Crippen molar-refractivity contribution in [2.75, 3.05) is 0 Å². The van der Waals surface area contributed by atoms with Crippen LogP contribution in [0.4, 0.5) is 0 Å². The van der Waals surface area contributed by atoms with E-state index in [1.54, 1.807) is 0 Å². The van der Waals surface area contributed by atoms with E-state index >= 15 is 0 Å². The van der Waals surface area contributed by atoms with Gasteiger partial charge in [-0.25, -0.2) is 14.8 Å². The summed E-state index contributed by atoms with van der Waals surface area (Å²) in [4.78, 5) is 21.5. The summed E-state index contributed by atoms with van der Waals surface area (Å²) in [6.07, 6.45) is 16.9. The minimum Gasteiger partial charge on any atom is -0.459 e. The fourth-order valence-electron chi connectivity index (χ4n) is 4.20. The first-order valence-electron chi connectivity index (χ1n) is 11.8. The van der Waals surface area contributed by atoms with Crippen molar-refractivity contribution in [1.82, 2.24) is 9.97 Å². The molecule has 0 saturated heterocycles. The zero-order chi connectivity index (χ0) is 21.2. The number of unbranched alkanes of at least 4 members (excludes halogenated alkanes) is 4. The molecule has 0 bridgehead atoms. The molecule has 0 spiro atoms. The Kier molecular flexibility index (Phi) is 8.85. The summed E-state index contributed by atoms with van der Waals surface area (Å²) in [5, 5.41) is 0. The smallest absolute Gasteiger partial charge is 0.338 e. The molecule has 4 nitrogen and oxygen atoms in total. The topological polar surface area (TPSA) is 52.1 Å². The van der Waals surface area contributed by atoms with Crippen molar-refractivity contribution in [2.24, 2.45) is 5.92 Å². The molecule has 4 heteroatoms. The van der Waals surface area contributed by atoms with Crippen LogP contribution in [-0.4, -0.2) is 22.0 Å². The maximum Gasteiger partial charge on any atom is 0.338 e. The van der Waals surface area contributed by atoms with Crippen LogP contribution in [0.25, 0.3) is 11.4 Å². The van der Waals surface area contributed by atoms with Gasteiger partial charge in [-0.05, 0) is 62.1 Å². The van der Waals surface area contributed by atoms with E-state index in [4.69, 9.17) is 4.74 Å². The van der Waals surface area contributed by atoms with Gasteiger partial charge in [-0.2, -0.15) is 0 Å². The molecule has 1 aliphatic rings. The maximum atomic E-state index is 12.5. The van der Waals surface area contributed by atoms with Crippen molar-refractivity contribution < 1.29 is 9.53 Å². The molecule has 1 aromatic heterocycles. The first-order valence-corrected chi connectivity index (χ1v) is 11.8. The van der Waals surface area contributed by atoms with E-state index in [0.717, 1.165) is 30.7 Å². The number of benzene rings is 1. The Morgan fingerprint density at radius 3 is 2.23 bits per heavy atom. The molecule has 3 rings (SSSR count). The van der Waals surface area contributed by atoms with Crippen LogP contribution in [0, 0.1) is 5.92 Å². The van der Waals surface area contributed by atoms with Crippen LogP contribution in [-0.2, 0) is 11.2 Å². The molecule has 0 aliphatic heterocycles. The van der Waals surface area contributed by atoms with Crippen LogP contribution in [0.1, 0.15) is 94.0 Å². The molecule has 1 fully saturated rings. The molecule has 1 aromatic carbocycles. The highest BCUT2D eigenvalue weighted by molar-refractivity contribution is 5.90. The quantitative estimate of drug-likeness (QED) is 0.321. The van der Waals surface area contributed by atoms with Gasteiger partial charge in [-0.15, -0.1) is 0 Å². The number of aromatic nitrogens is 2. The Balaban J connectivity index is 1.49. The Morgan fingerprint density at radius 2 is 1.60 bits per heavy atom. The molecule has 0 radical (unpaired) electrons. The third-order valence-electron chi connectivity index (χ3n) is 6.30. The molecule has 1 heterocycles. The summed E-state index contributed by atoms with van der Waals surface area (Å²) in [5.41, 5.74) is 2.71. The molecule has 2 aromatic rings. The van der Waals surface area contributed by atoms with Crippen LogP contribution in [0.5, 0.6) is 0 Å². The Morgan fingerprint density at radius 1 is 0.933 bits per heavy atom. The minimum absolute atomic E-state index is 0.0674. The van der Waals surface area contributed by atoms with E-state index in [9.17, 15) is 4.79 Å². The van der Waals surface area contributed by atoms with Gasteiger partial charge in [0.05, 0.1) is 5.56 Å². The Labute approximate surface area is 181 Å². The third kappa shape index (κ3) is 6.65. The zero-order valence-electron chi connectivity index (χ0n) is 18.6. The van der Waals surface area contributed by atoms with Crippen molar-refractivity contribution in [3.63, 3.8) is 0 Å². The molecule has 30 heavy (non-hydrogen) atoms. The van der Waals surface area contributed by atoms with Crippen molar-refractivity contribution >= 4 is 5.97 Å². The van der Waals surface area contributed by atoms with Crippen LogP contribution in [0.3, 0.4) is 0 Å². The second-order valence-corrected chi connectivity index (χ2v) is 8.61. The second kappa shape index (κ2) is 11.8. The lowest BCUT2D eigenvalue weighted by molar-refractivity contribution is 0.0164. The van der Waals surface area contributed by atoms with Gasteiger partial charge in [0.15, 0.2) is 5.82 Å². The van der Waals surface area contributed by atoms with Crippen LogP contribution in [0.2, 0.25) is 0 Å². The molecule has 0 amide bonds. The molecule has 1 aliphatic carbocycles. The maximum absolute atomic E-state index is 12.5. The summed E-state index contributed by atoms with van der Waals surface area (Å²) < 4.78 is 5.72. The lowest BCUT2D eigenvalue weighted by Gasteiger charge is -2.27. The molecule has 0 atom stereocenters. The molecular formula is C26H36N2O2. The SMILES string of the molecule is CCCCCCCc1cnc(-c2ccc(C(=O)OC3CCC(CC)CC3)cc2)nc1. The first-order chi connectivity index (χ1) is 14.7. The number of carbonyl (C=O) groups is 1. The largest absolute Gasteiger partial charge is 0.459 e. The summed E-state index contributed by atoms with van der Waals surface area (Å²) in [7, 11) is 0. The Bertz CT molecular complexity index is 763. The van der Waals surface area contributed by atoms with Crippen molar-refractivity contribution in [3.8, 4) is 11.4 Å². The Hall–Kier alpha value is -2.23. The summed E-state index contributed by atoms with van der Waals surface area (Å²) in [5.74, 6) is 1.27. The third-order valence-corrected chi connectivity index (χ3v) is 6.30. The first kappa shape index (κ1) is 22.5. The fraction of sp³-hybridized carbons (Fsp3) is 0.577. The van der Waals surface area contributed by atoms with E-state index < -0.39 is 0 Å².